The van der Waals surface area contributed by atoms with Crippen LogP contribution in [0.1, 0.15) is 27.9 Å². The zero-order chi connectivity index (χ0) is 23.8. The molecule has 3 aromatic carbocycles. The van der Waals surface area contributed by atoms with Gasteiger partial charge in [0.15, 0.2) is 0 Å². The lowest BCUT2D eigenvalue weighted by molar-refractivity contribution is -0.275. The topological polar surface area (TPSA) is 47.9 Å². The summed E-state index contributed by atoms with van der Waals surface area (Å²) >= 11 is 11.8. The standard InChI is InChI=1S/C24H16Cl2F3NO3/c1-14-6-5-9-19(21(14)15-7-3-2-4-8-15)22(31)32-20-13-23(33-30-20,24(27,28)29)16-10-17(25)12-18(26)11-16/h2-12H,13H2,1H3. The number of halogens is 5. The van der Waals surface area contributed by atoms with Crippen LogP contribution in [0.2, 0.25) is 10.0 Å². The van der Waals surface area contributed by atoms with Crippen LogP contribution in [-0.4, -0.2) is 18.0 Å². The molecule has 170 valence electrons. The van der Waals surface area contributed by atoms with Gasteiger partial charge in [-0.2, -0.15) is 13.2 Å². The van der Waals surface area contributed by atoms with E-state index in [1.54, 1.807) is 12.1 Å². The molecule has 1 unspecified atom stereocenters. The highest BCUT2D eigenvalue weighted by molar-refractivity contribution is 6.34. The van der Waals surface area contributed by atoms with Crippen molar-refractivity contribution < 1.29 is 27.5 Å². The summed E-state index contributed by atoms with van der Waals surface area (Å²) in [6, 6.07) is 17.6. The summed E-state index contributed by atoms with van der Waals surface area (Å²) in [4.78, 5) is 17.8. The molecule has 0 spiro atoms. The van der Waals surface area contributed by atoms with Gasteiger partial charge in [0.2, 0.25) is 5.90 Å². The summed E-state index contributed by atoms with van der Waals surface area (Å²) in [6.45, 7) is 1.83. The van der Waals surface area contributed by atoms with E-state index >= 15 is 0 Å². The number of nitrogens with zero attached hydrogens (tertiary/aromatic N) is 1. The quantitative estimate of drug-likeness (QED) is 0.359. The Morgan fingerprint density at radius 2 is 1.70 bits per heavy atom. The molecular formula is C24H16Cl2F3NO3. The zero-order valence-electron chi connectivity index (χ0n) is 17.1. The fourth-order valence-electron chi connectivity index (χ4n) is 3.71. The second kappa shape index (κ2) is 8.72. The number of hydrogen-bond donors (Lipinski definition) is 0. The van der Waals surface area contributed by atoms with Crippen molar-refractivity contribution in [1.29, 1.82) is 0 Å². The number of carbonyl (C=O) groups is 1. The van der Waals surface area contributed by atoms with Gasteiger partial charge >= 0.3 is 12.1 Å². The number of oxime groups is 1. The number of esters is 1. The smallest absolute Gasteiger partial charge is 0.404 e. The van der Waals surface area contributed by atoms with Crippen molar-refractivity contribution in [2.45, 2.75) is 25.1 Å². The van der Waals surface area contributed by atoms with Crippen LogP contribution in [0.3, 0.4) is 0 Å². The Morgan fingerprint density at radius 1 is 1.03 bits per heavy atom. The first-order valence-corrected chi connectivity index (χ1v) is 10.5. The summed E-state index contributed by atoms with van der Waals surface area (Å²) in [6.07, 6.45) is -5.75. The fourth-order valence-corrected chi connectivity index (χ4v) is 4.23. The largest absolute Gasteiger partial charge is 0.435 e. The second-order valence-electron chi connectivity index (χ2n) is 7.49. The molecule has 0 aliphatic carbocycles. The Labute approximate surface area is 197 Å². The number of alkyl halides is 3. The summed E-state index contributed by atoms with van der Waals surface area (Å²) < 4.78 is 47.6. The lowest BCUT2D eigenvalue weighted by Crippen LogP contribution is -2.43. The molecule has 0 radical (unpaired) electrons. The Bertz CT molecular complexity index is 1230. The maximum atomic E-state index is 14.1. The van der Waals surface area contributed by atoms with Gasteiger partial charge in [-0.15, -0.1) is 0 Å². The monoisotopic (exact) mass is 493 g/mol. The lowest BCUT2D eigenvalue weighted by atomic mass is 9.90. The lowest BCUT2D eigenvalue weighted by Gasteiger charge is -2.29. The molecular weight excluding hydrogens is 478 g/mol. The van der Waals surface area contributed by atoms with E-state index in [2.05, 4.69) is 5.16 Å². The summed E-state index contributed by atoms with van der Waals surface area (Å²) in [5, 5.41) is 3.45. The SMILES string of the molecule is Cc1cccc(C(=O)OC2=NOC(c3cc(Cl)cc(Cl)c3)(C(F)(F)F)C2)c1-c1ccccc1. The van der Waals surface area contributed by atoms with Crippen LogP contribution >= 0.6 is 23.2 Å². The summed E-state index contributed by atoms with van der Waals surface area (Å²) in [5.41, 5.74) is -0.844. The predicted molar refractivity (Wildman–Crippen MR) is 119 cm³/mol. The van der Waals surface area contributed by atoms with Gasteiger partial charge in [-0.1, -0.05) is 70.8 Å². The highest BCUT2D eigenvalue weighted by atomic mass is 35.5. The maximum Gasteiger partial charge on any atom is 0.435 e. The molecule has 0 bridgehead atoms. The van der Waals surface area contributed by atoms with Crippen molar-refractivity contribution in [1.82, 2.24) is 0 Å². The van der Waals surface area contributed by atoms with E-state index in [4.69, 9.17) is 32.8 Å². The van der Waals surface area contributed by atoms with Crippen LogP contribution in [0, 0.1) is 6.92 Å². The first-order valence-electron chi connectivity index (χ1n) is 9.76. The first kappa shape index (κ1) is 23.1. The van der Waals surface area contributed by atoms with Crippen molar-refractivity contribution in [2.75, 3.05) is 0 Å². The average molecular weight is 494 g/mol. The first-order chi connectivity index (χ1) is 15.6. The molecule has 1 heterocycles. The van der Waals surface area contributed by atoms with E-state index in [-0.39, 0.29) is 21.2 Å². The Kier molecular flexibility index (Phi) is 6.12. The van der Waals surface area contributed by atoms with E-state index in [1.165, 1.54) is 6.07 Å². The van der Waals surface area contributed by atoms with Crippen molar-refractivity contribution >= 4 is 35.1 Å². The van der Waals surface area contributed by atoms with Crippen molar-refractivity contribution in [3.05, 3.63) is 93.5 Å². The minimum absolute atomic E-state index is 0.00225. The van der Waals surface area contributed by atoms with Crippen LogP contribution in [-0.2, 0) is 15.2 Å². The molecule has 0 amide bonds. The van der Waals surface area contributed by atoms with Crippen molar-refractivity contribution in [3.63, 3.8) is 0 Å². The van der Waals surface area contributed by atoms with Crippen LogP contribution < -0.4 is 0 Å². The highest BCUT2D eigenvalue weighted by Crippen LogP contribution is 2.49. The number of carbonyl (C=O) groups excluding carboxylic acids is 1. The van der Waals surface area contributed by atoms with Gasteiger partial charge in [0.1, 0.15) is 0 Å². The molecule has 0 saturated carbocycles. The third-order valence-corrected chi connectivity index (χ3v) is 5.69. The molecule has 33 heavy (non-hydrogen) atoms. The Hall–Kier alpha value is -3.03. The fraction of sp³-hybridized carbons (Fsp3) is 0.167. The van der Waals surface area contributed by atoms with Crippen molar-refractivity contribution in [3.8, 4) is 11.1 Å². The number of hydrogen-bond acceptors (Lipinski definition) is 4. The molecule has 1 aliphatic rings. The predicted octanol–water partition coefficient (Wildman–Crippen LogP) is 7.32. The van der Waals surface area contributed by atoms with Gasteiger partial charge in [-0.25, -0.2) is 4.79 Å². The highest BCUT2D eigenvalue weighted by Gasteiger charge is 2.63. The van der Waals surface area contributed by atoms with E-state index in [0.29, 0.717) is 5.56 Å². The third-order valence-electron chi connectivity index (χ3n) is 5.26. The number of aryl methyl sites for hydroxylation is 1. The van der Waals surface area contributed by atoms with E-state index in [1.807, 2.05) is 43.3 Å². The maximum absolute atomic E-state index is 14.1. The molecule has 4 rings (SSSR count). The van der Waals surface area contributed by atoms with Crippen molar-refractivity contribution in [2.24, 2.45) is 5.16 Å². The summed E-state index contributed by atoms with van der Waals surface area (Å²) in [7, 11) is 0. The molecule has 0 saturated heterocycles. The molecule has 4 nitrogen and oxygen atoms in total. The van der Waals surface area contributed by atoms with E-state index in [9.17, 15) is 18.0 Å². The van der Waals surface area contributed by atoms with Crippen LogP contribution in [0.4, 0.5) is 13.2 Å². The Balaban J connectivity index is 1.64. The van der Waals surface area contributed by atoms with E-state index < -0.39 is 30.1 Å². The minimum Gasteiger partial charge on any atom is -0.404 e. The van der Waals surface area contributed by atoms with Gasteiger partial charge in [-0.3, -0.25) is 0 Å². The van der Waals surface area contributed by atoms with Gasteiger partial charge in [0, 0.05) is 15.6 Å². The van der Waals surface area contributed by atoms with Gasteiger partial charge < -0.3 is 9.57 Å². The van der Waals surface area contributed by atoms with E-state index in [0.717, 1.165) is 23.3 Å². The minimum atomic E-state index is -4.89. The molecule has 3 aromatic rings. The molecule has 0 fully saturated rings. The molecule has 1 aliphatic heterocycles. The van der Waals surface area contributed by atoms with Crippen LogP contribution in [0.5, 0.6) is 0 Å². The van der Waals surface area contributed by atoms with Crippen LogP contribution in [0.15, 0.2) is 71.9 Å². The van der Waals surface area contributed by atoms with Gasteiger partial charge in [0.05, 0.1) is 12.0 Å². The normalized spacial score (nSPS) is 17.9. The van der Waals surface area contributed by atoms with Crippen LogP contribution in [0.25, 0.3) is 11.1 Å². The molecule has 1 atom stereocenters. The Morgan fingerprint density at radius 3 is 2.33 bits per heavy atom. The third kappa shape index (κ3) is 4.43. The zero-order valence-corrected chi connectivity index (χ0v) is 18.6. The number of ether oxygens (including phenoxy) is 1. The number of rotatable bonds is 3. The molecule has 0 aromatic heterocycles. The average Bonchev–Trinajstić information content (AvgIpc) is 3.19. The van der Waals surface area contributed by atoms with Gasteiger partial charge in [-0.05, 0) is 47.9 Å². The molecule has 9 heteroatoms. The number of benzene rings is 3. The van der Waals surface area contributed by atoms with Gasteiger partial charge in [0.25, 0.3) is 5.60 Å². The molecule has 0 N–H and O–H groups in total. The summed E-state index contributed by atoms with van der Waals surface area (Å²) in [5.74, 6) is -1.35. The second-order valence-corrected chi connectivity index (χ2v) is 8.36.